The number of carbonyl (C=O) groups is 2. The second-order valence-corrected chi connectivity index (χ2v) is 4.64. The van der Waals surface area contributed by atoms with Gasteiger partial charge >= 0.3 is 5.97 Å². The van der Waals surface area contributed by atoms with E-state index in [0.29, 0.717) is 5.75 Å². The van der Waals surface area contributed by atoms with Crippen molar-refractivity contribution in [3.63, 3.8) is 0 Å². The number of para-hydroxylation sites is 1. The summed E-state index contributed by atoms with van der Waals surface area (Å²) in [7, 11) is 1.55. The van der Waals surface area contributed by atoms with E-state index in [-0.39, 0.29) is 5.92 Å². The molecule has 0 fully saturated rings. The third-order valence-electron chi connectivity index (χ3n) is 2.78. The molecule has 5 nitrogen and oxygen atoms in total. The van der Waals surface area contributed by atoms with Crippen LogP contribution >= 0.6 is 0 Å². The van der Waals surface area contributed by atoms with E-state index in [4.69, 9.17) is 9.84 Å². The number of hydrogen-bond acceptors (Lipinski definition) is 3. The standard InChI is InChI=1S/C15H19NO4/c1-10(2)14(15(18)19)16-13(17)9-8-11-6-4-5-7-12(11)20-3/h4-10,14H,1-3H3,(H,16,17)(H,18,19)/b9-8+/t14-/m0/s1. The van der Waals surface area contributed by atoms with E-state index < -0.39 is 17.9 Å². The molecule has 0 bridgehead atoms. The number of carbonyl (C=O) groups excluding carboxylic acids is 1. The number of methoxy groups -OCH3 is 1. The molecule has 0 aliphatic rings. The minimum absolute atomic E-state index is 0.184. The van der Waals surface area contributed by atoms with Gasteiger partial charge in [0.25, 0.3) is 0 Å². The summed E-state index contributed by atoms with van der Waals surface area (Å²) in [5.74, 6) is -1.03. The number of amides is 1. The van der Waals surface area contributed by atoms with Crippen LogP contribution in [0.2, 0.25) is 0 Å². The van der Waals surface area contributed by atoms with Crippen LogP contribution in [0.15, 0.2) is 30.3 Å². The highest BCUT2D eigenvalue weighted by Crippen LogP contribution is 2.18. The van der Waals surface area contributed by atoms with Crippen LogP contribution in [0.5, 0.6) is 5.75 Å². The molecule has 20 heavy (non-hydrogen) atoms. The van der Waals surface area contributed by atoms with Gasteiger partial charge in [-0.15, -0.1) is 0 Å². The molecule has 5 heteroatoms. The normalized spacial score (nSPS) is 12.4. The molecule has 108 valence electrons. The van der Waals surface area contributed by atoms with Crippen LogP contribution < -0.4 is 10.1 Å². The van der Waals surface area contributed by atoms with Crippen LogP contribution in [0.25, 0.3) is 6.08 Å². The van der Waals surface area contributed by atoms with Crippen LogP contribution in [0.3, 0.4) is 0 Å². The highest BCUT2D eigenvalue weighted by molar-refractivity contribution is 5.94. The fourth-order valence-electron chi connectivity index (χ4n) is 1.68. The Morgan fingerprint density at radius 3 is 2.50 bits per heavy atom. The van der Waals surface area contributed by atoms with Crippen molar-refractivity contribution in [3.8, 4) is 5.75 Å². The zero-order valence-corrected chi connectivity index (χ0v) is 11.8. The number of nitrogens with one attached hydrogen (secondary N) is 1. The first-order chi connectivity index (χ1) is 9.45. The molecule has 0 radical (unpaired) electrons. The third-order valence-corrected chi connectivity index (χ3v) is 2.78. The van der Waals surface area contributed by atoms with Crippen molar-refractivity contribution < 1.29 is 19.4 Å². The molecule has 1 amide bonds. The number of rotatable bonds is 6. The quantitative estimate of drug-likeness (QED) is 0.779. The summed E-state index contributed by atoms with van der Waals surface area (Å²) in [5.41, 5.74) is 0.751. The third kappa shape index (κ3) is 4.42. The van der Waals surface area contributed by atoms with Crippen molar-refractivity contribution >= 4 is 18.0 Å². The Labute approximate surface area is 118 Å². The summed E-state index contributed by atoms with van der Waals surface area (Å²) in [5, 5.41) is 11.5. The molecule has 0 aliphatic carbocycles. The molecule has 2 N–H and O–H groups in total. The van der Waals surface area contributed by atoms with E-state index >= 15 is 0 Å². The monoisotopic (exact) mass is 277 g/mol. The SMILES string of the molecule is COc1ccccc1/C=C/C(=O)N[C@H](C(=O)O)C(C)C. The predicted octanol–water partition coefficient (Wildman–Crippen LogP) is 1.93. The molecule has 1 aromatic rings. The average Bonchev–Trinajstić information content (AvgIpc) is 2.42. The lowest BCUT2D eigenvalue weighted by Gasteiger charge is -2.16. The van der Waals surface area contributed by atoms with Crippen molar-refractivity contribution in [2.75, 3.05) is 7.11 Å². The van der Waals surface area contributed by atoms with Gasteiger partial charge in [0, 0.05) is 11.6 Å². The lowest BCUT2D eigenvalue weighted by Crippen LogP contribution is -2.43. The Hall–Kier alpha value is -2.30. The van der Waals surface area contributed by atoms with Gasteiger partial charge in [0.15, 0.2) is 0 Å². The first-order valence-corrected chi connectivity index (χ1v) is 6.30. The predicted molar refractivity (Wildman–Crippen MR) is 76.4 cm³/mol. The lowest BCUT2D eigenvalue weighted by atomic mass is 10.0. The van der Waals surface area contributed by atoms with E-state index in [1.54, 1.807) is 39.2 Å². The number of carboxylic acid groups (broad SMARTS) is 1. The first-order valence-electron chi connectivity index (χ1n) is 6.30. The highest BCUT2D eigenvalue weighted by Gasteiger charge is 2.22. The minimum atomic E-state index is -1.04. The fourth-order valence-corrected chi connectivity index (χ4v) is 1.68. The van der Waals surface area contributed by atoms with Crippen molar-refractivity contribution in [2.24, 2.45) is 5.92 Å². The molecular formula is C15H19NO4. The van der Waals surface area contributed by atoms with Crippen molar-refractivity contribution in [1.82, 2.24) is 5.32 Å². The first kappa shape index (κ1) is 15.8. The summed E-state index contributed by atoms with van der Waals surface area (Å²) >= 11 is 0. The van der Waals surface area contributed by atoms with Crippen LogP contribution in [0.4, 0.5) is 0 Å². The number of aliphatic carboxylic acids is 1. The Bertz CT molecular complexity index is 508. The molecule has 1 aromatic carbocycles. The second-order valence-electron chi connectivity index (χ2n) is 4.64. The van der Waals surface area contributed by atoms with Crippen LogP contribution in [-0.4, -0.2) is 30.1 Å². The van der Waals surface area contributed by atoms with Gasteiger partial charge in [-0.1, -0.05) is 32.0 Å². The summed E-state index contributed by atoms with van der Waals surface area (Å²) in [4.78, 5) is 22.7. The summed E-state index contributed by atoms with van der Waals surface area (Å²) in [6.07, 6.45) is 2.89. The molecule has 1 atom stereocenters. The maximum absolute atomic E-state index is 11.7. The van der Waals surface area contributed by atoms with E-state index in [1.807, 2.05) is 12.1 Å². The number of benzene rings is 1. The van der Waals surface area contributed by atoms with Gasteiger partial charge in [-0.2, -0.15) is 0 Å². The van der Waals surface area contributed by atoms with E-state index in [2.05, 4.69) is 5.32 Å². The van der Waals surface area contributed by atoms with Crippen molar-refractivity contribution in [3.05, 3.63) is 35.9 Å². The number of carboxylic acids is 1. The molecule has 1 rings (SSSR count). The molecule has 0 saturated carbocycles. The van der Waals surface area contributed by atoms with E-state index in [1.165, 1.54) is 6.08 Å². The topological polar surface area (TPSA) is 75.6 Å². The zero-order valence-electron chi connectivity index (χ0n) is 11.8. The average molecular weight is 277 g/mol. The van der Waals surface area contributed by atoms with E-state index in [0.717, 1.165) is 5.56 Å². The van der Waals surface area contributed by atoms with Crippen molar-refractivity contribution in [1.29, 1.82) is 0 Å². The van der Waals surface area contributed by atoms with Crippen LogP contribution in [-0.2, 0) is 9.59 Å². The fraction of sp³-hybridized carbons (Fsp3) is 0.333. The van der Waals surface area contributed by atoms with Crippen molar-refractivity contribution in [2.45, 2.75) is 19.9 Å². The minimum Gasteiger partial charge on any atom is -0.496 e. The maximum atomic E-state index is 11.7. The molecule has 0 heterocycles. The number of hydrogen-bond donors (Lipinski definition) is 2. The molecular weight excluding hydrogens is 258 g/mol. The molecule has 0 aromatic heterocycles. The Morgan fingerprint density at radius 1 is 1.30 bits per heavy atom. The summed E-state index contributed by atoms with van der Waals surface area (Å²) in [6, 6.07) is 6.35. The van der Waals surface area contributed by atoms with Gasteiger partial charge in [0.1, 0.15) is 11.8 Å². The Morgan fingerprint density at radius 2 is 1.95 bits per heavy atom. The van der Waals surface area contributed by atoms with E-state index in [9.17, 15) is 9.59 Å². The zero-order chi connectivity index (χ0) is 15.1. The molecule has 0 aliphatic heterocycles. The second kappa shape index (κ2) is 7.33. The smallest absolute Gasteiger partial charge is 0.326 e. The van der Waals surface area contributed by atoms with Gasteiger partial charge in [0.05, 0.1) is 7.11 Å². The molecule has 0 saturated heterocycles. The van der Waals surface area contributed by atoms with Gasteiger partial charge < -0.3 is 15.2 Å². The summed E-state index contributed by atoms with van der Waals surface area (Å²) < 4.78 is 5.16. The van der Waals surface area contributed by atoms with Gasteiger partial charge in [-0.3, -0.25) is 4.79 Å². The molecule has 0 unspecified atom stereocenters. The largest absolute Gasteiger partial charge is 0.496 e. The molecule has 0 spiro atoms. The van der Waals surface area contributed by atoms with Gasteiger partial charge in [-0.05, 0) is 18.1 Å². The summed E-state index contributed by atoms with van der Waals surface area (Å²) in [6.45, 7) is 3.48. The van der Waals surface area contributed by atoms with Gasteiger partial charge in [-0.25, -0.2) is 4.79 Å². The van der Waals surface area contributed by atoms with Crippen LogP contribution in [0.1, 0.15) is 19.4 Å². The highest BCUT2D eigenvalue weighted by atomic mass is 16.5. The van der Waals surface area contributed by atoms with Gasteiger partial charge in [0.2, 0.25) is 5.91 Å². The Balaban J connectivity index is 2.75. The lowest BCUT2D eigenvalue weighted by molar-refractivity contribution is -0.142. The Kier molecular flexibility index (Phi) is 5.77. The van der Waals surface area contributed by atoms with Crippen LogP contribution in [0, 0.1) is 5.92 Å². The number of ether oxygens (including phenoxy) is 1. The maximum Gasteiger partial charge on any atom is 0.326 e.